The van der Waals surface area contributed by atoms with Crippen LogP contribution in [-0.4, -0.2) is 28.4 Å². The van der Waals surface area contributed by atoms with Gasteiger partial charge in [-0.15, -0.1) is 0 Å². The lowest BCUT2D eigenvalue weighted by molar-refractivity contribution is 0.0836. The Kier molecular flexibility index (Phi) is 2.75. The van der Waals surface area contributed by atoms with Gasteiger partial charge in [0.15, 0.2) is 5.82 Å². The summed E-state index contributed by atoms with van der Waals surface area (Å²) >= 11 is 0. The van der Waals surface area contributed by atoms with Crippen molar-refractivity contribution in [2.24, 2.45) is 0 Å². The lowest BCUT2D eigenvalue weighted by Gasteiger charge is -2.18. The van der Waals surface area contributed by atoms with Crippen molar-refractivity contribution in [2.75, 3.05) is 13.2 Å². The molecule has 1 aliphatic heterocycles. The van der Waals surface area contributed by atoms with Gasteiger partial charge in [0, 0.05) is 19.1 Å². The SMILES string of the molecule is N#CCc1nc(C2CCOCC2)n[nH]1. The zero-order chi connectivity index (χ0) is 9.80. The van der Waals surface area contributed by atoms with E-state index in [4.69, 9.17) is 10.00 Å². The molecule has 5 nitrogen and oxygen atoms in total. The zero-order valence-corrected chi connectivity index (χ0v) is 7.86. The van der Waals surface area contributed by atoms with Gasteiger partial charge in [-0.25, -0.2) is 4.98 Å². The topological polar surface area (TPSA) is 74.6 Å². The first kappa shape index (κ1) is 9.16. The fourth-order valence-corrected chi connectivity index (χ4v) is 1.60. The van der Waals surface area contributed by atoms with Crippen LogP contribution in [0.15, 0.2) is 0 Å². The van der Waals surface area contributed by atoms with E-state index in [1.807, 2.05) is 6.07 Å². The minimum atomic E-state index is 0.302. The van der Waals surface area contributed by atoms with Gasteiger partial charge in [0.1, 0.15) is 5.82 Å². The summed E-state index contributed by atoms with van der Waals surface area (Å²) < 4.78 is 5.26. The molecule has 0 aliphatic carbocycles. The highest BCUT2D eigenvalue weighted by atomic mass is 16.5. The van der Waals surface area contributed by atoms with Crippen LogP contribution in [0.5, 0.6) is 0 Å². The second kappa shape index (κ2) is 4.20. The van der Waals surface area contributed by atoms with Crippen molar-refractivity contribution in [3.8, 4) is 6.07 Å². The van der Waals surface area contributed by atoms with Crippen molar-refractivity contribution in [3.63, 3.8) is 0 Å². The maximum Gasteiger partial charge on any atom is 0.153 e. The predicted octanol–water partition coefficient (Wildman–Crippen LogP) is 0.765. The molecular formula is C9H12N4O. The van der Waals surface area contributed by atoms with Crippen molar-refractivity contribution in [2.45, 2.75) is 25.2 Å². The van der Waals surface area contributed by atoms with Crippen LogP contribution in [-0.2, 0) is 11.2 Å². The average Bonchev–Trinajstić information content (AvgIpc) is 2.68. The Morgan fingerprint density at radius 2 is 2.29 bits per heavy atom. The van der Waals surface area contributed by atoms with Crippen LogP contribution < -0.4 is 0 Å². The quantitative estimate of drug-likeness (QED) is 0.750. The first-order valence-corrected chi connectivity index (χ1v) is 4.76. The summed E-state index contributed by atoms with van der Waals surface area (Å²) in [4.78, 5) is 4.28. The van der Waals surface area contributed by atoms with Crippen LogP contribution in [0.3, 0.4) is 0 Å². The molecule has 1 N–H and O–H groups in total. The van der Waals surface area contributed by atoms with E-state index < -0.39 is 0 Å². The number of aromatic nitrogens is 3. The molecule has 0 radical (unpaired) electrons. The van der Waals surface area contributed by atoms with Gasteiger partial charge in [-0.2, -0.15) is 10.4 Å². The molecule has 0 amide bonds. The Morgan fingerprint density at radius 3 is 3.00 bits per heavy atom. The van der Waals surface area contributed by atoms with Crippen LogP contribution in [0.25, 0.3) is 0 Å². The van der Waals surface area contributed by atoms with E-state index >= 15 is 0 Å². The molecule has 0 spiro atoms. The van der Waals surface area contributed by atoms with Crippen LogP contribution in [0, 0.1) is 11.3 Å². The fraction of sp³-hybridized carbons (Fsp3) is 0.667. The maximum atomic E-state index is 8.48. The molecule has 0 unspecified atom stereocenters. The summed E-state index contributed by atoms with van der Waals surface area (Å²) in [6, 6.07) is 2.04. The molecule has 0 atom stereocenters. The largest absolute Gasteiger partial charge is 0.381 e. The third kappa shape index (κ3) is 1.91. The number of nitrogens with zero attached hydrogens (tertiary/aromatic N) is 3. The minimum Gasteiger partial charge on any atom is -0.381 e. The highest BCUT2D eigenvalue weighted by Gasteiger charge is 2.19. The molecule has 74 valence electrons. The van der Waals surface area contributed by atoms with E-state index in [1.165, 1.54) is 0 Å². The first-order chi connectivity index (χ1) is 6.90. The van der Waals surface area contributed by atoms with Crippen molar-refractivity contribution < 1.29 is 4.74 Å². The Balaban J connectivity index is 2.04. The number of nitrogens with one attached hydrogen (secondary N) is 1. The number of aromatic amines is 1. The van der Waals surface area contributed by atoms with Gasteiger partial charge in [-0.05, 0) is 12.8 Å². The summed E-state index contributed by atoms with van der Waals surface area (Å²) in [5, 5.41) is 15.4. The summed E-state index contributed by atoms with van der Waals surface area (Å²) in [5.74, 6) is 1.89. The molecule has 1 saturated heterocycles. The maximum absolute atomic E-state index is 8.48. The first-order valence-electron chi connectivity index (χ1n) is 4.76. The Hall–Kier alpha value is -1.41. The average molecular weight is 192 g/mol. The van der Waals surface area contributed by atoms with Crippen LogP contribution >= 0.6 is 0 Å². The van der Waals surface area contributed by atoms with E-state index in [9.17, 15) is 0 Å². The summed E-state index contributed by atoms with van der Waals surface area (Å²) in [6.07, 6.45) is 2.25. The molecule has 1 aromatic rings. The van der Waals surface area contributed by atoms with Gasteiger partial charge in [-0.1, -0.05) is 0 Å². The second-order valence-corrected chi connectivity index (χ2v) is 3.36. The standard InChI is InChI=1S/C9H12N4O/c10-4-1-8-11-9(13-12-8)7-2-5-14-6-3-7/h7H,1-3,5-6H2,(H,11,12,13). The second-order valence-electron chi connectivity index (χ2n) is 3.36. The molecule has 1 aromatic heterocycles. The number of H-pyrrole nitrogens is 1. The van der Waals surface area contributed by atoms with E-state index in [0.717, 1.165) is 31.9 Å². The Morgan fingerprint density at radius 1 is 1.50 bits per heavy atom. The molecular weight excluding hydrogens is 180 g/mol. The molecule has 0 saturated carbocycles. The van der Waals surface area contributed by atoms with E-state index in [0.29, 0.717) is 18.2 Å². The zero-order valence-electron chi connectivity index (χ0n) is 7.86. The van der Waals surface area contributed by atoms with Crippen LogP contribution in [0.1, 0.15) is 30.4 Å². The third-order valence-electron chi connectivity index (χ3n) is 2.38. The van der Waals surface area contributed by atoms with Gasteiger partial charge in [-0.3, -0.25) is 5.10 Å². The lowest BCUT2D eigenvalue weighted by atomic mass is 10.00. The number of hydrogen-bond donors (Lipinski definition) is 1. The van der Waals surface area contributed by atoms with E-state index in [1.54, 1.807) is 0 Å². The molecule has 0 bridgehead atoms. The smallest absolute Gasteiger partial charge is 0.153 e. The molecule has 0 aromatic carbocycles. The predicted molar refractivity (Wildman–Crippen MR) is 48.5 cm³/mol. The summed E-state index contributed by atoms with van der Waals surface area (Å²) in [6.45, 7) is 1.57. The van der Waals surface area contributed by atoms with Crippen molar-refractivity contribution in [3.05, 3.63) is 11.6 Å². The van der Waals surface area contributed by atoms with Gasteiger partial charge < -0.3 is 4.74 Å². The summed E-state index contributed by atoms with van der Waals surface area (Å²) in [7, 11) is 0. The summed E-state index contributed by atoms with van der Waals surface area (Å²) in [5.41, 5.74) is 0. The van der Waals surface area contributed by atoms with E-state index in [-0.39, 0.29) is 0 Å². The number of ether oxygens (including phenoxy) is 1. The van der Waals surface area contributed by atoms with Crippen LogP contribution in [0.2, 0.25) is 0 Å². The van der Waals surface area contributed by atoms with Gasteiger partial charge >= 0.3 is 0 Å². The normalized spacial score (nSPS) is 17.9. The fourth-order valence-electron chi connectivity index (χ4n) is 1.60. The highest BCUT2D eigenvalue weighted by Crippen LogP contribution is 2.23. The van der Waals surface area contributed by atoms with Crippen molar-refractivity contribution >= 4 is 0 Å². The number of hydrogen-bond acceptors (Lipinski definition) is 4. The third-order valence-corrected chi connectivity index (χ3v) is 2.38. The molecule has 2 heterocycles. The van der Waals surface area contributed by atoms with Gasteiger partial charge in [0.05, 0.1) is 12.5 Å². The molecule has 14 heavy (non-hydrogen) atoms. The highest BCUT2D eigenvalue weighted by molar-refractivity contribution is 5.01. The van der Waals surface area contributed by atoms with E-state index in [2.05, 4.69) is 15.2 Å². The number of nitriles is 1. The number of rotatable bonds is 2. The van der Waals surface area contributed by atoms with Gasteiger partial charge in [0.25, 0.3) is 0 Å². The van der Waals surface area contributed by atoms with Crippen molar-refractivity contribution in [1.29, 1.82) is 5.26 Å². The lowest BCUT2D eigenvalue weighted by Crippen LogP contribution is -2.15. The molecule has 2 rings (SSSR count). The van der Waals surface area contributed by atoms with Crippen LogP contribution in [0.4, 0.5) is 0 Å². The monoisotopic (exact) mass is 192 g/mol. The minimum absolute atomic E-state index is 0.302. The van der Waals surface area contributed by atoms with Gasteiger partial charge in [0.2, 0.25) is 0 Å². The Bertz CT molecular complexity index is 335. The molecule has 1 fully saturated rings. The molecule has 5 heteroatoms. The molecule has 1 aliphatic rings. The Labute approximate surface area is 82.1 Å². The van der Waals surface area contributed by atoms with Crippen molar-refractivity contribution in [1.82, 2.24) is 15.2 Å².